The molecule has 3 aliphatic rings. The molecule has 3 fully saturated rings. The first kappa shape index (κ1) is 32.0. The van der Waals surface area contributed by atoms with Gasteiger partial charge in [-0.2, -0.15) is 0 Å². The molecule has 2 heterocycles. The Morgan fingerprint density at radius 1 is 1.00 bits per heavy atom. The third-order valence-electron chi connectivity index (χ3n) is 13.1. The molecule has 8 nitrogen and oxygen atoms in total. The van der Waals surface area contributed by atoms with Gasteiger partial charge in [0.25, 0.3) is 0 Å². The van der Waals surface area contributed by atoms with E-state index in [4.69, 9.17) is 17.2 Å². The Balaban J connectivity index is 1.70. The Kier molecular flexibility index (Phi) is 7.05. The summed E-state index contributed by atoms with van der Waals surface area (Å²) in [7, 11) is 0. The molecule has 5 atom stereocenters. The Hall–Kier alpha value is -1.93. The first-order valence-corrected chi connectivity index (χ1v) is 15.5. The van der Waals surface area contributed by atoms with Gasteiger partial charge in [-0.1, -0.05) is 55.4 Å². The molecule has 1 aromatic heterocycles. The number of amides is 2. The molecule has 6 N–H and O–H groups in total. The predicted molar refractivity (Wildman–Crippen MR) is 165 cm³/mol. The van der Waals surface area contributed by atoms with Gasteiger partial charge in [-0.25, -0.2) is 4.98 Å². The SMILES string of the molecule is CC(C)(N)CC1(N2CCCC2=O)CC1(C)C(C)(C)CC(C)(C(N)=O)C(C)(C)C(C)(C)CC1(n2ccnc2)CC1(C)N. The summed E-state index contributed by atoms with van der Waals surface area (Å²) in [6, 6.07) is 0. The number of carbonyl (C=O) groups is 2. The van der Waals surface area contributed by atoms with Crippen molar-refractivity contribution in [2.45, 2.75) is 143 Å². The molecule has 4 rings (SSSR count). The molecule has 0 aromatic carbocycles. The first-order valence-electron chi connectivity index (χ1n) is 15.5. The van der Waals surface area contributed by atoms with Crippen molar-refractivity contribution in [1.82, 2.24) is 14.5 Å². The van der Waals surface area contributed by atoms with Crippen LogP contribution in [0.1, 0.15) is 121 Å². The molecule has 0 radical (unpaired) electrons. The summed E-state index contributed by atoms with van der Waals surface area (Å²) in [4.78, 5) is 33.2. The molecule has 8 heteroatoms. The Morgan fingerprint density at radius 2 is 1.59 bits per heavy atom. The maximum atomic E-state index is 13.7. The lowest BCUT2D eigenvalue weighted by molar-refractivity contribution is -0.149. The first-order chi connectivity index (χ1) is 18.3. The van der Waals surface area contributed by atoms with Crippen LogP contribution in [0.15, 0.2) is 18.7 Å². The van der Waals surface area contributed by atoms with Crippen molar-refractivity contribution in [3.05, 3.63) is 18.7 Å². The van der Waals surface area contributed by atoms with Gasteiger partial charge in [0.1, 0.15) is 0 Å². The summed E-state index contributed by atoms with van der Waals surface area (Å²) in [6.45, 7) is 24.9. The summed E-state index contributed by atoms with van der Waals surface area (Å²) in [5.74, 6) is -0.0511. The van der Waals surface area contributed by atoms with Gasteiger partial charge in [0.05, 0.1) is 22.8 Å². The van der Waals surface area contributed by atoms with Crippen LogP contribution in [0.5, 0.6) is 0 Å². The molecule has 41 heavy (non-hydrogen) atoms. The predicted octanol–water partition coefficient (Wildman–Crippen LogP) is 4.95. The van der Waals surface area contributed by atoms with Gasteiger partial charge in [0.15, 0.2) is 0 Å². The third-order valence-corrected chi connectivity index (χ3v) is 13.1. The van der Waals surface area contributed by atoms with Crippen LogP contribution >= 0.6 is 0 Å². The standard InChI is InChI=1S/C33H58N6O2/c1-25(2,18-33(21-31(33,11)36)38-16-14-37-22-38)28(7,8)29(9,24(34)41)17-26(3,4)30(10)20-32(30,19-27(5,6)35)39-15-12-13-23(39)40/h14,16,22H,12-13,15,17-21,35-36H2,1-11H3,(H2,34,41). The minimum atomic E-state index is -0.833. The fraction of sp³-hybridized carbons (Fsp3) is 0.848. The van der Waals surface area contributed by atoms with Crippen LogP contribution in [-0.4, -0.2) is 49.4 Å². The maximum absolute atomic E-state index is 13.7. The molecular weight excluding hydrogens is 512 g/mol. The number of aromatic nitrogens is 2. The van der Waals surface area contributed by atoms with Gasteiger partial charge in [-0.05, 0) is 81.0 Å². The van der Waals surface area contributed by atoms with Gasteiger partial charge >= 0.3 is 0 Å². The summed E-state index contributed by atoms with van der Waals surface area (Å²) >= 11 is 0. The average Bonchev–Trinajstić information content (AvgIpc) is 3.31. The van der Waals surface area contributed by atoms with E-state index < -0.39 is 16.4 Å². The lowest BCUT2D eigenvalue weighted by atomic mass is 9.48. The number of carbonyl (C=O) groups excluding carboxylic acids is 2. The van der Waals surface area contributed by atoms with Crippen LogP contribution in [0.2, 0.25) is 0 Å². The van der Waals surface area contributed by atoms with E-state index in [2.05, 4.69) is 90.6 Å². The molecule has 2 aliphatic carbocycles. The lowest BCUT2D eigenvalue weighted by Gasteiger charge is -2.56. The average molecular weight is 571 g/mol. The minimum absolute atomic E-state index is 0.210. The zero-order valence-corrected chi connectivity index (χ0v) is 27.8. The fourth-order valence-corrected chi connectivity index (χ4v) is 9.22. The molecule has 2 saturated carbocycles. The molecule has 1 aromatic rings. The van der Waals surface area contributed by atoms with E-state index in [1.807, 2.05) is 12.5 Å². The van der Waals surface area contributed by atoms with Crippen molar-refractivity contribution in [2.24, 2.45) is 44.3 Å². The van der Waals surface area contributed by atoms with E-state index >= 15 is 0 Å². The third kappa shape index (κ3) is 4.57. The second-order valence-electron chi connectivity index (χ2n) is 17.4. The lowest BCUT2D eigenvalue weighted by Crippen LogP contribution is -2.57. The van der Waals surface area contributed by atoms with Crippen LogP contribution in [-0.2, 0) is 15.1 Å². The molecule has 232 valence electrons. The van der Waals surface area contributed by atoms with E-state index in [1.165, 1.54) is 0 Å². The minimum Gasteiger partial charge on any atom is -0.369 e. The molecular formula is C33H58N6O2. The van der Waals surface area contributed by atoms with Crippen molar-refractivity contribution in [2.75, 3.05) is 6.54 Å². The zero-order chi connectivity index (χ0) is 31.3. The molecule has 1 saturated heterocycles. The second kappa shape index (κ2) is 9.04. The van der Waals surface area contributed by atoms with Crippen LogP contribution in [0.25, 0.3) is 0 Å². The largest absolute Gasteiger partial charge is 0.369 e. The summed E-state index contributed by atoms with van der Waals surface area (Å²) in [5.41, 5.74) is 16.3. The zero-order valence-electron chi connectivity index (χ0n) is 27.8. The van der Waals surface area contributed by atoms with Crippen molar-refractivity contribution in [3.8, 4) is 0 Å². The number of hydrogen-bond acceptors (Lipinski definition) is 5. The highest BCUT2D eigenvalue weighted by Gasteiger charge is 2.75. The monoisotopic (exact) mass is 570 g/mol. The maximum Gasteiger partial charge on any atom is 0.223 e. The van der Waals surface area contributed by atoms with Gasteiger partial charge in [-0.15, -0.1) is 0 Å². The number of nitrogens with zero attached hydrogens (tertiary/aromatic N) is 3. The molecule has 2 amide bonds. The van der Waals surface area contributed by atoms with Gasteiger partial charge in [0.2, 0.25) is 11.8 Å². The number of primary amides is 1. The van der Waals surface area contributed by atoms with Crippen LogP contribution < -0.4 is 17.2 Å². The Morgan fingerprint density at radius 3 is 2.00 bits per heavy atom. The van der Waals surface area contributed by atoms with Crippen molar-refractivity contribution in [3.63, 3.8) is 0 Å². The van der Waals surface area contributed by atoms with Crippen molar-refractivity contribution < 1.29 is 9.59 Å². The van der Waals surface area contributed by atoms with Crippen LogP contribution in [0.3, 0.4) is 0 Å². The Bertz CT molecular complexity index is 1190. The van der Waals surface area contributed by atoms with Gasteiger partial charge in [-0.3, -0.25) is 9.59 Å². The van der Waals surface area contributed by atoms with Crippen LogP contribution in [0.4, 0.5) is 0 Å². The highest BCUT2D eigenvalue weighted by molar-refractivity contribution is 5.82. The number of likely N-dealkylation sites (tertiary alicyclic amines) is 1. The number of rotatable bonds is 12. The highest BCUT2D eigenvalue weighted by Crippen LogP contribution is 2.74. The van der Waals surface area contributed by atoms with Crippen molar-refractivity contribution >= 4 is 11.8 Å². The number of hydrogen-bond donors (Lipinski definition) is 3. The van der Waals surface area contributed by atoms with E-state index in [1.54, 1.807) is 6.20 Å². The summed E-state index contributed by atoms with van der Waals surface area (Å²) < 4.78 is 2.16. The van der Waals surface area contributed by atoms with Gasteiger partial charge in [0, 0.05) is 36.4 Å². The second-order valence-corrected chi connectivity index (χ2v) is 17.4. The van der Waals surface area contributed by atoms with E-state index in [0.29, 0.717) is 12.8 Å². The smallest absolute Gasteiger partial charge is 0.223 e. The van der Waals surface area contributed by atoms with E-state index in [0.717, 1.165) is 38.6 Å². The highest BCUT2D eigenvalue weighted by atomic mass is 16.2. The molecule has 0 bridgehead atoms. The Labute approximate surface area is 248 Å². The summed E-state index contributed by atoms with van der Waals surface area (Å²) in [6.07, 6.45) is 11.0. The topological polar surface area (TPSA) is 133 Å². The summed E-state index contributed by atoms with van der Waals surface area (Å²) in [5, 5.41) is 0. The number of nitrogens with two attached hydrogens (primary N) is 3. The van der Waals surface area contributed by atoms with Crippen LogP contribution in [0, 0.1) is 27.1 Å². The quantitative estimate of drug-likeness (QED) is 0.327. The van der Waals surface area contributed by atoms with E-state index in [-0.39, 0.29) is 44.7 Å². The number of imidazole rings is 1. The molecule has 1 aliphatic heterocycles. The van der Waals surface area contributed by atoms with Gasteiger partial charge < -0.3 is 26.7 Å². The van der Waals surface area contributed by atoms with E-state index in [9.17, 15) is 9.59 Å². The normalized spacial score (nSPS) is 34.1. The fourth-order valence-electron chi connectivity index (χ4n) is 9.22. The molecule has 0 spiro atoms. The van der Waals surface area contributed by atoms with Crippen molar-refractivity contribution in [1.29, 1.82) is 0 Å². The molecule has 5 unspecified atom stereocenters.